The quantitative estimate of drug-likeness (QED) is 0.673. The van der Waals surface area contributed by atoms with Gasteiger partial charge in [0.15, 0.2) is 0 Å². The predicted molar refractivity (Wildman–Crippen MR) is 111 cm³/mol. The minimum atomic E-state index is 0.485. The fourth-order valence-electron chi connectivity index (χ4n) is 4.81. The summed E-state index contributed by atoms with van der Waals surface area (Å²) in [6.45, 7) is 5.60. The lowest BCUT2D eigenvalue weighted by atomic mass is 9.80. The fraction of sp³-hybridized carbons (Fsp3) is 0.280. The van der Waals surface area contributed by atoms with Crippen LogP contribution in [-0.4, -0.2) is 36.0 Å². The van der Waals surface area contributed by atoms with Crippen molar-refractivity contribution >= 4 is 0 Å². The van der Waals surface area contributed by atoms with Crippen molar-refractivity contribution in [3.05, 3.63) is 107 Å². The Balaban J connectivity index is 1.43. The minimum Gasteiger partial charge on any atom is -0.296 e. The highest BCUT2D eigenvalue weighted by atomic mass is 15.3. The van der Waals surface area contributed by atoms with Crippen molar-refractivity contribution in [2.24, 2.45) is 0 Å². The molecule has 2 aliphatic rings. The maximum absolute atomic E-state index is 2.71. The highest BCUT2D eigenvalue weighted by molar-refractivity contribution is 5.42. The average Bonchev–Trinajstić information content (AvgIpc) is 2.75. The van der Waals surface area contributed by atoms with E-state index in [9.17, 15) is 0 Å². The Morgan fingerprint density at radius 1 is 0.667 bits per heavy atom. The summed E-state index contributed by atoms with van der Waals surface area (Å²) in [5.74, 6) is 0.485. The lowest BCUT2D eigenvalue weighted by molar-refractivity contribution is 0.0585. The lowest BCUT2D eigenvalue weighted by Gasteiger charge is -2.47. The molecule has 1 fully saturated rings. The van der Waals surface area contributed by atoms with Crippen molar-refractivity contribution in [3.63, 3.8) is 0 Å². The van der Waals surface area contributed by atoms with E-state index < -0.39 is 0 Å². The summed E-state index contributed by atoms with van der Waals surface area (Å²) < 4.78 is 0. The molecule has 2 aliphatic heterocycles. The third-order valence-corrected chi connectivity index (χ3v) is 6.17. The summed E-state index contributed by atoms with van der Waals surface area (Å²) in [6.07, 6.45) is 0. The van der Waals surface area contributed by atoms with Crippen LogP contribution in [0.3, 0.4) is 0 Å². The zero-order chi connectivity index (χ0) is 18.1. The Morgan fingerprint density at radius 3 is 2.11 bits per heavy atom. The zero-order valence-electron chi connectivity index (χ0n) is 15.7. The molecule has 27 heavy (non-hydrogen) atoms. The van der Waals surface area contributed by atoms with Gasteiger partial charge in [-0.25, -0.2) is 0 Å². The second kappa shape index (κ2) is 7.30. The molecule has 5 rings (SSSR count). The topological polar surface area (TPSA) is 6.48 Å². The van der Waals surface area contributed by atoms with E-state index in [1.54, 1.807) is 0 Å². The van der Waals surface area contributed by atoms with E-state index in [0.717, 1.165) is 32.7 Å². The monoisotopic (exact) mass is 354 g/mol. The van der Waals surface area contributed by atoms with E-state index >= 15 is 0 Å². The molecule has 0 aliphatic carbocycles. The number of nitrogens with zero attached hydrogens (tertiary/aromatic N) is 2. The molecule has 1 saturated heterocycles. The Labute approximate surface area is 162 Å². The largest absolute Gasteiger partial charge is 0.296 e. The van der Waals surface area contributed by atoms with Crippen molar-refractivity contribution in [2.75, 3.05) is 26.2 Å². The Hall–Kier alpha value is -2.42. The first-order valence-corrected chi connectivity index (χ1v) is 10.0. The van der Waals surface area contributed by atoms with Gasteiger partial charge in [0.05, 0.1) is 0 Å². The summed E-state index contributed by atoms with van der Waals surface area (Å²) in [5.41, 5.74) is 5.90. The van der Waals surface area contributed by atoms with Crippen LogP contribution < -0.4 is 0 Å². The lowest BCUT2D eigenvalue weighted by Crippen LogP contribution is -2.51. The molecular formula is C25H26N2. The van der Waals surface area contributed by atoms with Crippen LogP contribution in [0.4, 0.5) is 0 Å². The van der Waals surface area contributed by atoms with Gasteiger partial charge in [0.2, 0.25) is 0 Å². The number of fused-ring (bicyclic) bond motifs is 3. The molecule has 0 spiro atoms. The second-order valence-corrected chi connectivity index (χ2v) is 7.82. The van der Waals surface area contributed by atoms with E-state index in [-0.39, 0.29) is 0 Å². The number of piperazine rings is 1. The van der Waals surface area contributed by atoms with Crippen molar-refractivity contribution in [3.8, 4) is 0 Å². The third kappa shape index (κ3) is 3.31. The SMILES string of the molecule is c1ccc(CN2CCN3C[C@@H](c4ccccc4)c4ccccc4[C@H]3C2)cc1. The standard InChI is InChI=1S/C25H26N2/c1-3-9-20(10-4-1)17-26-15-16-27-18-24(21-11-5-2-6-12-21)22-13-7-8-14-23(22)25(27)19-26/h1-14,24-25H,15-19H2/t24-,25+/m0/s1. The Morgan fingerprint density at radius 2 is 1.33 bits per heavy atom. The maximum Gasteiger partial charge on any atom is 0.0479 e. The van der Waals surface area contributed by atoms with Gasteiger partial charge < -0.3 is 0 Å². The molecule has 2 heteroatoms. The van der Waals surface area contributed by atoms with E-state index in [2.05, 4.69) is 94.7 Å². The highest BCUT2D eigenvalue weighted by Gasteiger charge is 2.36. The number of benzene rings is 3. The highest BCUT2D eigenvalue weighted by Crippen LogP contribution is 2.40. The number of rotatable bonds is 3. The summed E-state index contributed by atoms with van der Waals surface area (Å²) >= 11 is 0. The predicted octanol–water partition coefficient (Wildman–Crippen LogP) is 4.69. The van der Waals surface area contributed by atoms with Crippen molar-refractivity contribution < 1.29 is 0 Å². The minimum absolute atomic E-state index is 0.485. The molecule has 136 valence electrons. The molecule has 0 N–H and O–H groups in total. The molecule has 0 aromatic heterocycles. The van der Waals surface area contributed by atoms with Gasteiger partial charge in [-0.15, -0.1) is 0 Å². The van der Waals surface area contributed by atoms with Gasteiger partial charge in [0.1, 0.15) is 0 Å². The summed E-state index contributed by atoms with van der Waals surface area (Å²) in [6, 6.07) is 31.5. The third-order valence-electron chi connectivity index (χ3n) is 6.17. The fourth-order valence-corrected chi connectivity index (χ4v) is 4.81. The van der Waals surface area contributed by atoms with E-state index in [0.29, 0.717) is 12.0 Å². The number of hydrogen-bond donors (Lipinski definition) is 0. The molecule has 0 unspecified atom stereocenters. The summed E-state index contributed by atoms with van der Waals surface area (Å²) in [7, 11) is 0. The average molecular weight is 354 g/mol. The Bertz CT molecular complexity index is 890. The molecule has 0 amide bonds. The molecule has 3 aromatic rings. The first kappa shape index (κ1) is 16.7. The molecular weight excluding hydrogens is 328 g/mol. The van der Waals surface area contributed by atoms with Gasteiger partial charge in [-0.2, -0.15) is 0 Å². The summed E-state index contributed by atoms with van der Waals surface area (Å²) in [4.78, 5) is 5.33. The summed E-state index contributed by atoms with van der Waals surface area (Å²) in [5, 5.41) is 0. The van der Waals surface area contributed by atoms with E-state index in [1.807, 2.05) is 0 Å². The maximum atomic E-state index is 2.71. The molecule has 2 heterocycles. The normalized spacial score (nSPS) is 22.8. The molecule has 2 nitrogen and oxygen atoms in total. The van der Waals surface area contributed by atoms with Gasteiger partial charge in [-0.05, 0) is 22.3 Å². The smallest absolute Gasteiger partial charge is 0.0479 e. The van der Waals surface area contributed by atoms with Gasteiger partial charge >= 0.3 is 0 Å². The van der Waals surface area contributed by atoms with Crippen LogP contribution in [0.15, 0.2) is 84.9 Å². The van der Waals surface area contributed by atoms with Crippen molar-refractivity contribution in [1.29, 1.82) is 0 Å². The van der Waals surface area contributed by atoms with Crippen LogP contribution in [0.1, 0.15) is 34.2 Å². The molecule has 0 radical (unpaired) electrons. The first-order chi connectivity index (χ1) is 13.4. The first-order valence-electron chi connectivity index (χ1n) is 10.0. The van der Waals surface area contributed by atoms with Crippen LogP contribution in [-0.2, 0) is 6.54 Å². The van der Waals surface area contributed by atoms with E-state index in [4.69, 9.17) is 0 Å². The number of hydrogen-bond acceptors (Lipinski definition) is 2. The second-order valence-electron chi connectivity index (χ2n) is 7.82. The van der Waals surface area contributed by atoms with Gasteiger partial charge in [-0.1, -0.05) is 84.9 Å². The zero-order valence-corrected chi connectivity index (χ0v) is 15.7. The van der Waals surface area contributed by atoms with Crippen molar-refractivity contribution in [2.45, 2.75) is 18.5 Å². The van der Waals surface area contributed by atoms with Crippen LogP contribution in [0, 0.1) is 0 Å². The van der Waals surface area contributed by atoms with Gasteiger partial charge in [-0.3, -0.25) is 9.80 Å². The van der Waals surface area contributed by atoms with Crippen LogP contribution in [0.2, 0.25) is 0 Å². The molecule has 3 aromatic carbocycles. The molecule has 0 saturated carbocycles. The van der Waals surface area contributed by atoms with Crippen molar-refractivity contribution in [1.82, 2.24) is 9.80 Å². The van der Waals surface area contributed by atoms with Gasteiger partial charge in [0.25, 0.3) is 0 Å². The van der Waals surface area contributed by atoms with Crippen LogP contribution in [0.5, 0.6) is 0 Å². The Kier molecular flexibility index (Phi) is 4.52. The molecule has 0 bridgehead atoms. The van der Waals surface area contributed by atoms with E-state index in [1.165, 1.54) is 22.3 Å². The van der Waals surface area contributed by atoms with Crippen LogP contribution in [0.25, 0.3) is 0 Å². The van der Waals surface area contributed by atoms with Gasteiger partial charge in [0, 0.05) is 44.7 Å². The van der Waals surface area contributed by atoms with Crippen LogP contribution >= 0.6 is 0 Å². The molecule has 2 atom stereocenters.